The Morgan fingerprint density at radius 2 is 2.57 bits per heavy atom. The van der Waals surface area contributed by atoms with E-state index in [-0.39, 0.29) is 0 Å². The summed E-state index contributed by atoms with van der Waals surface area (Å²) in [4.78, 5) is 1.25. The maximum absolute atomic E-state index is 5.21. The molecule has 0 spiro atoms. The number of hydrogen-bond acceptors (Lipinski definition) is 2. The van der Waals surface area contributed by atoms with Crippen LogP contribution in [0.25, 0.3) is 0 Å². The maximum Gasteiger partial charge on any atom is 0.163 e. The summed E-state index contributed by atoms with van der Waals surface area (Å²) in [6.07, 6.45) is 3.39. The van der Waals surface area contributed by atoms with Gasteiger partial charge >= 0.3 is 0 Å². The molecule has 0 saturated heterocycles. The van der Waals surface area contributed by atoms with Crippen molar-refractivity contribution in [1.82, 2.24) is 10.0 Å². The van der Waals surface area contributed by atoms with Gasteiger partial charge in [0.15, 0.2) is 6.20 Å². The van der Waals surface area contributed by atoms with Crippen LogP contribution in [0.4, 0.5) is 0 Å². The zero-order valence-corrected chi connectivity index (χ0v) is 4.07. The van der Waals surface area contributed by atoms with Crippen molar-refractivity contribution in [3.8, 4) is 0 Å². The lowest BCUT2D eigenvalue weighted by Gasteiger charge is -1.81. The number of nitrogen functional groups attached to an aromatic ring is 1. The van der Waals surface area contributed by atoms with Crippen LogP contribution in [-0.2, 0) is 7.05 Å². The van der Waals surface area contributed by atoms with Gasteiger partial charge < -0.3 is 0 Å². The molecule has 0 saturated carbocycles. The maximum atomic E-state index is 5.21. The zero-order valence-electron chi connectivity index (χ0n) is 4.07. The van der Waals surface area contributed by atoms with Crippen LogP contribution in [-0.4, -0.2) is 10.0 Å². The van der Waals surface area contributed by atoms with E-state index in [1.54, 1.807) is 17.1 Å². The van der Waals surface area contributed by atoms with Gasteiger partial charge in [-0.1, -0.05) is 0 Å². The molecule has 4 heteroatoms. The van der Waals surface area contributed by atoms with Crippen LogP contribution in [0, 0.1) is 0 Å². The first-order chi connectivity index (χ1) is 3.30. The third-order valence-electron chi connectivity index (χ3n) is 0.791. The average molecular weight is 99.1 g/mol. The molecule has 0 bridgehead atoms. The van der Waals surface area contributed by atoms with Gasteiger partial charge in [0.1, 0.15) is 6.20 Å². The predicted molar refractivity (Wildman–Crippen MR) is 23.6 cm³/mol. The summed E-state index contributed by atoms with van der Waals surface area (Å²) >= 11 is 0. The highest BCUT2D eigenvalue weighted by atomic mass is 15.7. The van der Waals surface area contributed by atoms with Gasteiger partial charge in [0.2, 0.25) is 0 Å². The van der Waals surface area contributed by atoms with Crippen LogP contribution >= 0.6 is 0 Å². The lowest BCUT2D eigenvalue weighted by molar-refractivity contribution is -0.752. The molecule has 0 amide bonds. The Morgan fingerprint density at radius 3 is 2.71 bits per heavy atom. The van der Waals surface area contributed by atoms with Crippen molar-refractivity contribution < 1.29 is 4.68 Å². The Labute approximate surface area is 41.1 Å². The molecule has 2 N–H and O–H groups in total. The molecule has 0 unspecified atom stereocenters. The highest BCUT2D eigenvalue weighted by molar-refractivity contribution is 4.49. The van der Waals surface area contributed by atoms with Crippen molar-refractivity contribution in [2.45, 2.75) is 0 Å². The highest BCUT2D eigenvalue weighted by Gasteiger charge is 1.90. The van der Waals surface area contributed by atoms with E-state index in [9.17, 15) is 0 Å². The Hall–Kier alpha value is -1.06. The molecule has 0 radical (unpaired) electrons. The summed E-state index contributed by atoms with van der Waals surface area (Å²) in [6, 6.07) is 0. The summed E-state index contributed by atoms with van der Waals surface area (Å²) in [5.74, 6) is 5.21. The second-order valence-electron chi connectivity index (χ2n) is 1.31. The van der Waals surface area contributed by atoms with Crippen molar-refractivity contribution in [3.05, 3.63) is 12.4 Å². The minimum absolute atomic E-state index is 1.25. The van der Waals surface area contributed by atoms with Crippen molar-refractivity contribution >= 4 is 0 Å². The molecule has 4 nitrogen and oxygen atoms in total. The van der Waals surface area contributed by atoms with Gasteiger partial charge in [-0.2, -0.15) is 4.68 Å². The molecule has 0 aliphatic heterocycles. The Bertz CT molecular complexity index is 139. The minimum Gasteiger partial charge on any atom is -0.223 e. The highest BCUT2D eigenvalue weighted by Crippen LogP contribution is 1.58. The normalized spacial score (nSPS) is 9.29. The summed E-state index contributed by atoms with van der Waals surface area (Å²) < 4.78 is 1.67. The van der Waals surface area contributed by atoms with Crippen molar-refractivity contribution in [2.24, 2.45) is 7.05 Å². The molecule has 0 atom stereocenters. The molecule has 1 heterocycles. The van der Waals surface area contributed by atoms with E-state index in [0.29, 0.717) is 0 Å². The average Bonchev–Trinajstić information content (AvgIpc) is 1.91. The fourth-order valence-corrected chi connectivity index (χ4v) is 0.344. The second-order valence-corrected chi connectivity index (χ2v) is 1.31. The zero-order chi connectivity index (χ0) is 5.28. The summed E-state index contributed by atoms with van der Waals surface area (Å²) in [5, 5.41) is 3.67. The van der Waals surface area contributed by atoms with E-state index >= 15 is 0 Å². The number of nitrogens with zero attached hydrogens (tertiary/aromatic N) is 3. The van der Waals surface area contributed by atoms with Gasteiger partial charge in [-0.25, -0.2) is 5.84 Å². The van der Waals surface area contributed by atoms with Crippen molar-refractivity contribution in [3.63, 3.8) is 0 Å². The van der Waals surface area contributed by atoms with E-state index in [0.717, 1.165) is 0 Å². The molecule has 1 aromatic rings. The second kappa shape index (κ2) is 1.22. The van der Waals surface area contributed by atoms with E-state index in [1.165, 1.54) is 4.91 Å². The number of rotatable bonds is 0. The van der Waals surface area contributed by atoms with E-state index in [4.69, 9.17) is 5.84 Å². The first-order valence-electron chi connectivity index (χ1n) is 1.96. The predicted octanol–water partition coefficient (Wildman–Crippen LogP) is -1.58. The monoisotopic (exact) mass is 99.1 g/mol. The largest absolute Gasteiger partial charge is 0.223 e. The van der Waals surface area contributed by atoms with Crippen LogP contribution in [0.5, 0.6) is 0 Å². The third-order valence-corrected chi connectivity index (χ3v) is 0.791. The van der Waals surface area contributed by atoms with Gasteiger partial charge in [-0.3, -0.25) is 0 Å². The van der Waals surface area contributed by atoms with Crippen LogP contribution in [0.1, 0.15) is 0 Å². The van der Waals surface area contributed by atoms with E-state index in [2.05, 4.69) is 5.10 Å². The van der Waals surface area contributed by atoms with Gasteiger partial charge in [-0.15, -0.1) is 0 Å². The van der Waals surface area contributed by atoms with Crippen LogP contribution in [0.2, 0.25) is 0 Å². The van der Waals surface area contributed by atoms with E-state index < -0.39 is 0 Å². The molecule has 0 fully saturated rings. The van der Waals surface area contributed by atoms with Gasteiger partial charge in [0.25, 0.3) is 0 Å². The molecular weight excluding hydrogens is 92.1 g/mol. The van der Waals surface area contributed by atoms with Crippen molar-refractivity contribution in [2.75, 3.05) is 5.84 Å². The fourth-order valence-electron chi connectivity index (χ4n) is 0.344. The molecule has 0 aliphatic rings. The van der Waals surface area contributed by atoms with Gasteiger partial charge in [0.05, 0.1) is 7.05 Å². The molecule has 0 aliphatic carbocycles. The summed E-state index contributed by atoms with van der Waals surface area (Å²) in [7, 11) is 1.81. The lowest BCUT2D eigenvalue weighted by Crippen LogP contribution is -2.43. The SMILES string of the molecule is C[n+]1ccnn1N. The first-order valence-corrected chi connectivity index (χ1v) is 1.96. The lowest BCUT2D eigenvalue weighted by atomic mass is 10.9. The van der Waals surface area contributed by atoms with Crippen molar-refractivity contribution in [1.29, 1.82) is 0 Å². The number of nitrogens with two attached hydrogens (primary N) is 1. The Balaban J connectivity index is 3.12. The number of aryl methyl sites for hydroxylation is 1. The molecular formula is C3H7N4+. The number of hydrogen-bond donors (Lipinski definition) is 1. The Kier molecular flexibility index (Phi) is 0.714. The van der Waals surface area contributed by atoms with Crippen LogP contribution in [0.15, 0.2) is 12.4 Å². The van der Waals surface area contributed by atoms with Gasteiger partial charge in [0, 0.05) is 10.0 Å². The topological polar surface area (TPSA) is 47.7 Å². The Morgan fingerprint density at radius 1 is 1.86 bits per heavy atom. The fraction of sp³-hybridized carbons (Fsp3) is 0.333. The van der Waals surface area contributed by atoms with Crippen LogP contribution < -0.4 is 10.5 Å². The summed E-state index contributed by atoms with van der Waals surface area (Å²) in [5.41, 5.74) is 0. The summed E-state index contributed by atoms with van der Waals surface area (Å²) in [6.45, 7) is 0. The molecule has 7 heavy (non-hydrogen) atoms. The standard InChI is InChI=1S/C3H7N4/c1-6-3-2-5-7(6)4/h2-3H,1H3,(H2,4,5)/q+1. The van der Waals surface area contributed by atoms with Crippen LogP contribution in [0.3, 0.4) is 0 Å². The first kappa shape index (κ1) is 4.11. The van der Waals surface area contributed by atoms with Gasteiger partial charge in [-0.05, 0) is 0 Å². The molecule has 0 aromatic carbocycles. The number of aromatic nitrogens is 3. The molecule has 38 valence electrons. The minimum atomic E-state index is 1.25. The third kappa shape index (κ3) is 0.534. The quantitative estimate of drug-likeness (QED) is 0.315. The molecule has 1 rings (SSSR count). The van der Waals surface area contributed by atoms with E-state index in [1.807, 2.05) is 7.05 Å². The molecule has 1 aromatic heterocycles. The smallest absolute Gasteiger partial charge is 0.163 e.